The molecule has 0 aliphatic rings. The summed E-state index contributed by atoms with van der Waals surface area (Å²) in [5.41, 5.74) is 5.83. The SMILES string of the molecule is NC(=O)CCCNC(=O)c1ccncc1C#CCO. The number of carbonyl (C=O) groups is 2. The van der Waals surface area contributed by atoms with Crippen LogP contribution in [0.2, 0.25) is 0 Å². The summed E-state index contributed by atoms with van der Waals surface area (Å²) in [5.74, 6) is 4.43. The van der Waals surface area contributed by atoms with Gasteiger partial charge in [0.25, 0.3) is 5.91 Å². The van der Waals surface area contributed by atoms with Crippen LogP contribution in [0.25, 0.3) is 0 Å². The molecule has 0 fully saturated rings. The maximum Gasteiger partial charge on any atom is 0.252 e. The highest BCUT2D eigenvalue weighted by molar-refractivity contribution is 5.96. The zero-order chi connectivity index (χ0) is 14.1. The van der Waals surface area contributed by atoms with Crippen molar-refractivity contribution in [1.82, 2.24) is 10.3 Å². The van der Waals surface area contributed by atoms with Gasteiger partial charge in [-0.2, -0.15) is 0 Å². The van der Waals surface area contributed by atoms with Crippen molar-refractivity contribution >= 4 is 11.8 Å². The highest BCUT2D eigenvalue weighted by atomic mass is 16.2. The van der Waals surface area contributed by atoms with Crippen molar-refractivity contribution in [1.29, 1.82) is 0 Å². The average molecular weight is 261 g/mol. The standard InChI is InChI=1S/C13H15N3O3/c14-12(18)4-1-6-16-13(19)11-5-7-15-9-10(11)3-2-8-17/h5,7,9,17H,1,4,6,8H2,(H2,14,18)(H,16,19). The van der Waals surface area contributed by atoms with Crippen LogP contribution in [0.4, 0.5) is 0 Å². The molecule has 0 spiro atoms. The Kier molecular flexibility index (Phi) is 6.06. The first-order valence-corrected chi connectivity index (χ1v) is 5.75. The smallest absolute Gasteiger partial charge is 0.252 e. The Labute approximate surface area is 111 Å². The van der Waals surface area contributed by atoms with E-state index < -0.39 is 5.91 Å². The molecule has 1 heterocycles. The largest absolute Gasteiger partial charge is 0.384 e. The molecule has 0 saturated carbocycles. The summed E-state index contributed by atoms with van der Waals surface area (Å²) >= 11 is 0. The van der Waals surface area contributed by atoms with E-state index in [1.54, 1.807) is 6.07 Å². The van der Waals surface area contributed by atoms with E-state index in [4.69, 9.17) is 10.8 Å². The summed E-state index contributed by atoms with van der Waals surface area (Å²) in [7, 11) is 0. The third kappa shape index (κ3) is 5.19. The molecule has 1 aromatic rings. The molecule has 0 bridgehead atoms. The van der Waals surface area contributed by atoms with E-state index in [2.05, 4.69) is 22.1 Å². The van der Waals surface area contributed by atoms with Crippen molar-refractivity contribution in [3.8, 4) is 11.8 Å². The highest BCUT2D eigenvalue weighted by Gasteiger charge is 2.09. The van der Waals surface area contributed by atoms with E-state index in [0.717, 1.165) is 0 Å². The summed E-state index contributed by atoms with van der Waals surface area (Å²) in [5, 5.41) is 11.3. The van der Waals surface area contributed by atoms with Gasteiger partial charge in [0, 0.05) is 25.4 Å². The third-order valence-corrected chi connectivity index (χ3v) is 2.25. The minimum absolute atomic E-state index is 0.230. The zero-order valence-corrected chi connectivity index (χ0v) is 10.3. The molecule has 4 N–H and O–H groups in total. The van der Waals surface area contributed by atoms with Crippen LogP contribution < -0.4 is 11.1 Å². The van der Waals surface area contributed by atoms with Gasteiger partial charge in [0.2, 0.25) is 5.91 Å². The predicted molar refractivity (Wildman–Crippen MR) is 69.0 cm³/mol. The number of aliphatic hydroxyl groups is 1. The van der Waals surface area contributed by atoms with Gasteiger partial charge in [0.05, 0.1) is 11.1 Å². The number of primary amides is 1. The molecule has 0 aromatic carbocycles. The van der Waals surface area contributed by atoms with Crippen molar-refractivity contribution in [2.75, 3.05) is 13.2 Å². The van der Waals surface area contributed by atoms with Crippen LogP contribution >= 0.6 is 0 Å². The summed E-state index contributed by atoms with van der Waals surface area (Å²) < 4.78 is 0. The predicted octanol–water partition coefficient (Wildman–Crippen LogP) is -0.579. The maximum absolute atomic E-state index is 11.9. The maximum atomic E-state index is 11.9. The number of carbonyl (C=O) groups excluding carboxylic acids is 2. The van der Waals surface area contributed by atoms with Crippen LogP contribution in [0, 0.1) is 11.8 Å². The van der Waals surface area contributed by atoms with Crippen LogP contribution in [0.5, 0.6) is 0 Å². The highest BCUT2D eigenvalue weighted by Crippen LogP contribution is 2.05. The zero-order valence-electron chi connectivity index (χ0n) is 10.3. The van der Waals surface area contributed by atoms with Gasteiger partial charge in [-0.1, -0.05) is 11.8 Å². The Morgan fingerprint density at radius 1 is 1.47 bits per heavy atom. The monoisotopic (exact) mass is 261 g/mol. The summed E-state index contributed by atoms with van der Waals surface area (Å²) in [6, 6.07) is 1.55. The lowest BCUT2D eigenvalue weighted by Crippen LogP contribution is -2.26. The Balaban J connectivity index is 2.63. The minimum atomic E-state index is -0.396. The van der Waals surface area contributed by atoms with E-state index in [9.17, 15) is 9.59 Å². The average Bonchev–Trinajstić information content (AvgIpc) is 2.41. The number of pyridine rings is 1. The van der Waals surface area contributed by atoms with Gasteiger partial charge in [-0.25, -0.2) is 0 Å². The van der Waals surface area contributed by atoms with Gasteiger partial charge in [-0.3, -0.25) is 14.6 Å². The molecule has 19 heavy (non-hydrogen) atoms. The topological polar surface area (TPSA) is 105 Å². The molecule has 1 rings (SSSR count). The summed E-state index contributed by atoms with van der Waals surface area (Å²) in [6.45, 7) is 0.0749. The number of amides is 2. The molecule has 6 nitrogen and oxygen atoms in total. The molecule has 6 heteroatoms. The van der Waals surface area contributed by atoms with Crippen molar-refractivity contribution < 1.29 is 14.7 Å². The van der Waals surface area contributed by atoms with Gasteiger partial charge in [-0.05, 0) is 12.5 Å². The first-order valence-electron chi connectivity index (χ1n) is 5.75. The minimum Gasteiger partial charge on any atom is -0.384 e. The van der Waals surface area contributed by atoms with Crippen LogP contribution in [-0.2, 0) is 4.79 Å². The van der Waals surface area contributed by atoms with Crippen molar-refractivity contribution in [3.63, 3.8) is 0 Å². The van der Waals surface area contributed by atoms with Crippen molar-refractivity contribution in [2.45, 2.75) is 12.8 Å². The second-order valence-corrected chi connectivity index (χ2v) is 3.71. The fourth-order valence-corrected chi connectivity index (χ4v) is 1.39. The van der Waals surface area contributed by atoms with Gasteiger partial charge < -0.3 is 16.2 Å². The molecule has 100 valence electrons. The third-order valence-electron chi connectivity index (χ3n) is 2.25. The van der Waals surface area contributed by atoms with E-state index >= 15 is 0 Å². The number of aliphatic hydroxyl groups excluding tert-OH is 1. The first kappa shape index (κ1) is 14.7. The van der Waals surface area contributed by atoms with Gasteiger partial charge >= 0.3 is 0 Å². The van der Waals surface area contributed by atoms with Gasteiger partial charge in [0.15, 0.2) is 0 Å². The molecule has 2 amide bonds. The summed E-state index contributed by atoms with van der Waals surface area (Å²) in [4.78, 5) is 26.3. The van der Waals surface area contributed by atoms with Gasteiger partial charge in [0.1, 0.15) is 6.61 Å². The number of nitrogens with zero attached hydrogens (tertiary/aromatic N) is 1. The molecule has 0 atom stereocenters. The Morgan fingerprint density at radius 2 is 2.26 bits per heavy atom. The number of aromatic nitrogens is 1. The first-order chi connectivity index (χ1) is 9.15. The Morgan fingerprint density at radius 3 is 2.95 bits per heavy atom. The lowest BCUT2D eigenvalue weighted by molar-refractivity contribution is -0.118. The van der Waals surface area contributed by atoms with E-state index in [1.165, 1.54) is 12.4 Å². The lowest BCUT2D eigenvalue weighted by Gasteiger charge is -2.05. The second-order valence-electron chi connectivity index (χ2n) is 3.71. The van der Waals surface area contributed by atoms with Crippen molar-refractivity contribution in [2.24, 2.45) is 5.73 Å². The molecule has 0 unspecified atom stereocenters. The number of nitrogens with one attached hydrogen (secondary N) is 1. The number of rotatable bonds is 5. The second kappa shape index (κ2) is 7.84. The Bertz CT molecular complexity index is 517. The van der Waals surface area contributed by atoms with Crippen LogP contribution in [0.1, 0.15) is 28.8 Å². The molecule has 0 radical (unpaired) electrons. The Hall–Kier alpha value is -2.39. The molecule has 0 aliphatic carbocycles. The number of nitrogens with two attached hydrogens (primary N) is 1. The summed E-state index contributed by atoms with van der Waals surface area (Å²) in [6.07, 6.45) is 3.67. The fourth-order valence-electron chi connectivity index (χ4n) is 1.39. The molecule has 1 aromatic heterocycles. The van der Waals surface area contributed by atoms with Crippen molar-refractivity contribution in [3.05, 3.63) is 29.6 Å². The molecule has 0 aliphatic heterocycles. The molecular formula is C13H15N3O3. The lowest BCUT2D eigenvalue weighted by atomic mass is 10.1. The van der Waals surface area contributed by atoms with E-state index in [-0.39, 0.29) is 18.9 Å². The van der Waals surface area contributed by atoms with Crippen LogP contribution in [-0.4, -0.2) is 35.1 Å². The number of hydrogen-bond acceptors (Lipinski definition) is 4. The number of hydrogen-bond donors (Lipinski definition) is 3. The fraction of sp³-hybridized carbons (Fsp3) is 0.308. The molecule has 0 saturated heterocycles. The van der Waals surface area contributed by atoms with E-state index in [1.807, 2.05) is 0 Å². The van der Waals surface area contributed by atoms with Gasteiger partial charge in [-0.15, -0.1) is 0 Å². The molecular weight excluding hydrogens is 246 g/mol. The van der Waals surface area contributed by atoms with E-state index in [0.29, 0.717) is 24.1 Å². The quantitative estimate of drug-likeness (QED) is 0.487. The normalized spacial score (nSPS) is 9.32. The van der Waals surface area contributed by atoms with Crippen LogP contribution in [0.15, 0.2) is 18.5 Å². The van der Waals surface area contributed by atoms with Crippen LogP contribution in [0.3, 0.4) is 0 Å².